The van der Waals surface area contributed by atoms with Gasteiger partial charge in [0.05, 0.1) is 0 Å². The maximum atomic E-state index is 10.9. The van der Waals surface area contributed by atoms with Crippen molar-refractivity contribution in [3.05, 3.63) is 0 Å². The van der Waals surface area contributed by atoms with E-state index in [9.17, 15) is 16.8 Å². The summed E-state index contributed by atoms with van der Waals surface area (Å²) in [7, 11) is -9.49. The molecular formula is C12H26O8S2. The second kappa shape index (κ2) is 10.5. The molecule has 0 heterocycles. The zero-order chi connectivity index (χ0) is 17.2. The third kappa shape index (κ3) is 12.3. The Morgan fingerprint density at radius 2 is 1.18 bits per heavy atom. The Labute approximate surface area is 133 Å². The summed E-state index contributed by atoms with van der Waals surface area (Å²) in [6.45, 7) is 3.80. The zero-order valence-corrected chi connectivity index (χ0v) is 14.6. The summed E-state index contributed by atoms with van der Waals surface area (Å²) in [6, 6.07) is 0. The molecular weight excluding hydrogens is 336 g/mol. The van der Waals surface area contributed by atoms with E-state index >= 15 is 0 Å². The van der Waals surface area contributed by atoms with Crippen molar-refractivity contribution in [3.63, 3.8) is 0 Å². The highest BCUT2D eigenvalue weighted by atomic mass is 32.3. The van der Waals surface area contributed by atoms with Crippen LogP contribution in [0.1, 0.15) is 65.2 Å². The van der Waals surface area contributed by atoms with Crippen molar-refractivity contribution in [2.75, 3.05) is 0 Å². The molecule has 0 saturated carbocycles. The molecule has 0 bridgehead atoms. The highest BCUT2D eigenvalue weighted by molar-refractivity contribution is 7.81. The summed E-state index contributed by atoms with van der Waals surface area (Å²) in [6.07, 6.45) is 2.98. The molecule has 0 aromatic carbocycles. The molecule has 0 rings (SSSR count). The lowest BCUT2D eigenvalue weighted by Gasteiger charge is -2.24. The van der Waals surface area contributed by atoms with Crippen molar-refractivity contribution in [3.8, 4) is 0 Å². The average molecular weight is 362 g/mol. The van der Waals surface area contributed by atoms with Crippen LogP contribution in [0.3, 0.4) is 0 Å². The topological polar surface area (TPSA) is 127 Å². The van der Waals surface area contributed by atoms with Gasteiger partial charge in [0.15, 0.2) is 0 Å². The molecule has 2 unspecified atom stereocenters. The monoisotopic (exact) mass is 362 g/mol. The van der Waals surface area contributed by atoms with Crippen LogP contribution in [0.2, 0.25) is 0 Å². The van der Waals surface area contributed by atoms with E-state index in [1.54, 1.807) is 6.92 Å². The lowest BCUT2D eigenvalue weighted by molar-refractivity contribution is 0.0342. The third-order valence-corrected chi connectivity index (χ3v) is 4.05. The molecule has 0 aliphatic rings. The van der Waals surface area contributed by atoms with Gasteiger partial charge in [0, 0.05) is 0 Å². The molecule has 134 valence electrons. The standard InChI is InChI=1S/C12H26O8S2/c1-3-5-6-7-8-10-12(20-22(16,17)18)11(9-4-2)19-21(13,14)15/h11-12H,3-10H2,1-2H3,(H,13,14,15)(H,16,17,18). The largest absolute Gasteiger partial charge is 0.397 e. The average Bonchev–Trinajstić information content (AvgIpc) is 2.33. The molecule has 0 amide bonds. The molecule has 0 aromatic heterocycles. The second-order valence-corrected chi connectivity index (χ2v) is 7.21. The molecule has 0 spiro atoms. The smallest absolute Gasteiger partial charge is 0.264 e. The van der Waals surface area contributed by atoms with E-state index in [1.165, 1.54) is 0 Å². The van der Waals surface area contributed by atoms with Crippen LogP contribution in [0.4, 0.5) is 0 Å². The molecule has 0 radical (unpaired) electrons. The van der Waals surface area contributed by atoms with E-state index in [4.69, 9.17) is 9.11 Å². The molecule has 2 N–H and O–H groups in total. The fraction of sp³-hybridized carbons (Fsp3) is 1.00. The van der Waals surface area contributed by atoms with Crippen molar-refractivity contribution < 1.29 is 34.3 Å². The summed E-state index contributed by atoms with van der Waals surface area (Å²) in [4.78, 5) is 0. The van der Waals surface area contributed by atoms with E-state index < -0.39 is 33.0 Å². The third-order valence-electron chi connectivity index (χ3n) is 3.07. The van der Waals surface area contributed by atoms with Gasteiger partial charge in [-0.25, -0.2) is 8.37 Å². The Morgan fingerprint density at radius 3 is 1.59 bits per heavy atom. The maximum Gasteiger partial charge on any atom is 0.397 e. The van der Waals surface area contributed by atoms with Gasteiger partial charge in [-0.3, -0.25) is 9.11 Å². The minimum atomic E-state index is -4.75. The molecule has 0 aromatic rings. The fourth-order valence-electron chi connectivity index (χ4n) is 2.14. The van der Waals surface area contributed by atoms with Crippen molar-refractivity contribution in [2.24, 2.45) is 0 Å². The first kappa shape index (κ1) is 21.7. The van der Waals surface area contributed by atoms with E-state index in [2.05, 4.69) is 15.3 Å². The van der Waals surface area contributed by atoms with Gasteiger partial charge >= 0.3 is 20.8 Å². The first-order valence-electron chi connectivity index (χ1n) is 7.40. The molecule has 0 saturated heterocycles. The first-order valence-corrected chi connectivity index (χ1v) is 10.1. The number of hydrogen-bond donors (Lipinski definition) is 2. The fourth-order valence-corrected chi connectivity index (χ4v) is 3.20. The van der Waals surface area contributed by atoms with Gasteiger partial charge in [0.25, 0.3) is 0 Å². The SMILES string of the molecule is CCCCCCCC(OS(=O)(=O)O)C(CCC)OS(=O)(=O)O. The van der Waals surface area contributed by atoms with E-state index in [1.807, 2.05) is 0 Å². The molecule has 0 fully saturated rings. The van der Waals surface area contributed by atoms with Gasteiger partial charge in [0.1, 0.15) is 12.2 Å². The lowest BCUT2D eigenvalue weighted by Crippen LogP contribution is -2.35. The summed E-state index contributed by atoms with van der Waals surface area (Å²) >= 11 is 0. The van der Waals surface area contributed by atoms with Gasteiger partial charge in [-0.2, -0.15) is 16.8 Å². The molecule has 8 nitrogen and oxygen atoms in total. The van der Waals surface area contributed by atoms with Crippen LogP contribution in [-0.4, -0.2) is 38.1 Å². The second-order valence-electron chi connectivity index (χ2n) is 5.12. The Hall–Kier alpha value is -0.260. The highest BCUT2D eigenvalue weighted by Crippen LogP contribution is 2.20. The van der Waals surface area contributed by atoms with Crippen molar-refractivity contribution in [1.29, 1.82) is 0 Å². The van der Waals surface area contributed by atoms with Gasteiger partial charge in [-0.05, 0) is 12.8 Å². The maximum absolute atomic E-state index is 10.9. The Kier molecular flexibility index (Phi) is 10.4. The van der Waals surface area contributed by atoms with Crippen LogP contribution in [0.25, 0.3) is 0 Å². The first-order chi connectivity index (χ1) is 10.1. The van der Waals surface area contributed by atoms with Gasteiger partial charge in [-0.1, -0.05) is 52.4 Å². The summed E-state index contributed by atoms with van der Waals surface area (Å²) in [5.41, 5.74) is 0. The molecule has 10 heteroatoms. The molecule has 0 aliphatic heterocycles. The van der Waals surface area contributed by atoms with Crippen LogP contribution in [0.5, 0.6) is 0 Å². The van der Waals surface area contributed by atoms with Crippen LogP contribution in [0, 0.1) is 0 Å². The van der Waals surface area contributed by atoms with Gasteiger partial charge in [-0.15, -0.1) is 0 Å². The predicted octanol–water partition coefficient (Wildman–Crippen LogP) is 2.52. The van der Waals surface area contributed by atoms with Crippen molar-refractivity contribution in [2.45, 2.75) is 77.4 Å². The number of unbranched alkanes of at least 4 members (excludes halogenated alkanes) is 4. The van der Waals surface area contributed by atoms with Crippen molar-refractivity contribution in [1.82, 2.24) is 0 Å². The highest BCUT2D eigenvalue weighted by Gasteiger charge is 2.30. The van der Waals surface area contributed by atoms with Gasteiger partial charge < -0.3 is 0 Å². The minimum Gasteiger partial charge on any atom is -0.264 e. The van der Waals surface area contributed by atoms with E-state index in [0.29, 0.717) is 12.8 Å². The van der Waals surface area contributed by atoms with Crippen LogP contribution in [0.15, 0.2) is 0 Å². The Morgan fingerprint density at radius 1 is 0.727 bits per heavy atom. The predicted molar refractivity (Wildman–Crippen MR) is 81.1 cm³/mol. The van der Waals surface area contributed by atoms with Crippen molar-refractivity contribution >= 4 is 20.8 Å². The van der Waals surface area contributed by atoms with Gasteiger partial charge in [0.2, 0.25) is 0 Å². The Bertz CT molecular complexity index is 485. The zero-order valence-electron chi connectivity index (χ0n) is 13.0. The Balaban J connectivity index is 4.83. The summed E-state index contributed by atoms with van der Waals surface area (Å²) < 4.78 is 70.2. The summed E-state index contributed by atoms with van der Waals surface area (Å²) in [5.74, 6) is 0. The summed E-state index contributed by atoms with van der Waals surface area (Å²) in [5, 5.41) is 0. The van der Waals surface area contributed by atoms with Crippen LogP contribution < -0.4 is 0 Å². The molecule has 0 aliphatic carbocycles. The van der Waals surface area contributed by atoms with Crippen LogP contribution >= 0.6 is 0 Å². The minimum absolute atomic E-state index is 0.162. The number of rotatable bonds is 13. The molecule has 2 atom stereocenters. The van der Waals surface area contributed by atoms with Crippen LogP contribution in [-0.2, 0) is 29.2 Å². The number of hydrogen-bond acceptors (Lipinski definition) is 6. The quantitative estimate of drug-likeness (QED) is 0.378. The molecule has 22 heavy (non-hydrogen) atoms. The van der Waals surface area contributed by atoms with E-state index in [0.717, 1.165) is 25.7 Å². The normalized spacial score (nSPS) is 15.6. The van der Waals surface area contributed by atoms with E-state index in [-0.39, 0.29) is 12.8 Å². The lowest BCUT2D eigenvalue weighted by atomic mass is 10.0.